The van der Waals surface area contributed by atoms with E-state index >= 15 is 0 Å². The Morgan fingerprint density at radius 2 is 1.95 bits per heavy atom. The highest BCUT2D eigenvalue weighted by Gasteiger charge is 2.14. The highest BCUT2D eigenvalue weighted by atomic mass is 16.1. The molecule has 0 saturated carbocycles. The number of rotatable bonds is 6. The minimum atomic E-state index is -0.175. The van der Waals surface area contributed by atoms with Crippen molar-refractivity contribution in [3.8, 4) is 0 Å². The number of aldehydes is 1. The Labute approximate surface area is 120 Å². The van der Waals surface area contributed by atoms with Crippen molar-refractivity contribution >= 4 is 6.29 Å². The maximum absolute atomic E-state index is 11.1. The standard InChI is InChI=1S/C17H20N2O/c18-17(12-7-10-15-8-3-1-4-9-15)19-13-6-2-5-11-16(19)14-20/h1-6,8-9,11,13-14,17H,7,10,12,18H2. The largest absolute Gasteiger partial charge is 0.330 e. The maximum Gasteiger partial charge on any atom is 0.166 e. The van der Waals surface area contributed by atoms with E-state index in [0.29, 0.717) is 5.70 Å². The summed E-state index contributed by atoms with van der Waals surface area (Å²) in [6.07, 6.45) is 12.8. The van der Waals surface area contributed by atoms with Crippen molar-refractivity contribution in [3.05, 3.63) is 72.1 Å². The lowest BCUT2D eigenvalue weighted by atomic mass is 10.1. The molecule has 0 fully saturated rings. The first-order valence-corrected chi connectivity index (χ1v) is 6.89. The fourth-order valence-corrected chi connectivity index (χ4v) is 2.23. The number of carbonyl (C=O) groups excluding carboxylic acids is 1. The molecule has 0 aromatic heterocycles. The van der Waals surface area contributed by atoms with Crippen molar-refractivity contribution in [1.82, 2.24) is 4.90 Å². The summed E-state index contributed by atoms with van der Waals surface area (Å²) in [6.45, 7) is 0. The van der Waals surface area contributed by atoms with E-state index in [4.69, 9.17) is 5.73 Å². The van der Waals surface area contributed by atoms with Crippen molar-refractivity contribution in [2.75, 3.05) is 0 Å². The van der Waals surface area contributed by atoms with Crippen LogP contribution in [0.15, 0.2) is 66.5 Å². The number of hydrogen-bond acceptors (Lipinski definition) is 3. The summed E-state index contributed by atoms with van der Waals surface area (Å²) >= 11 is 0. The molecular formula is C17H20N2O. The number of aryl methyl sites for hydroxylation is 1. The monoisotopic (exact) mass is 268 g/mol. The van der Waals surface area contributed by atoms with Crippen LogP contribution in [0.3, 0.4) is 0 Å². The third kappa shape index (κ3) is 3.93. The average molecular weight is 268 g/mol. The Morgan fingerprint density at radius 3 is 2.70 bits per heavy atom. The number of benzene rings is 1. The predicted octanol–water partition coefficient (Wildman–Crippen LogP) is 2.76. The van der Waals surface area contributed by atoms with Gasteiger partial charge in [-0.3, -0.25) is 4.79 Å². The Bertz CT molecular complexity index is 517. The first kappa shape index (κ1) is 14.3. The van der Waals surface area contributed by atoms with Gasteiger partial charge in [0.25, 0.3) is 0 Å². The highest BCUT2D eigenvalue weighted by Crippen LogP contribution is 2.14. The zero-order valence-electron chi connectivity index (χ0n) is 11.5. The van der Waals surface area contributed by atoms with Crippen LogP contribution in [0.5, 0.6) is 0 Å². The number of nitrogens with zero attached hydrogens (tertiary/aromatic N) is 1. The van der Waals surface area contributed by atoms with Gasteiger partial charge in [-0.2, -0.15) is 0 Å². The number of hydrogen-bond donors (Lipinski definition) is 1. The average Bonchev–Trinajstić information content (AvgIpc) is 2.73. The second kappa shape index (κ2) is 7.46. The molecule has 0 radical (unpaired) electrons. The molecule has 3 heteroatoms. The van der Waals surface area contributed by atoms with Crippen molar-refractivity contribution in [2.45, 2.75) is 25.4 Å². The third-order valence-electron chi connectivity index (χ3n) is 3.32. The molecule has 104 valence electrons. The minimum Gasteiger partial charge on any atom is -0.330 e. The molecule has 3 nitrogen and oxygen atoms in total. The molecule has 2 rings (SSSR count). The molecule has 0 spiro atoms. The van der Waals surface area contributed by atoms with Gasteiger partial charge >= 0.3 is 0 Å². The molecule has 0 aliphatic carbocycles. The van der Waals surface area contributed by atoms with Crippen LogP contribution >= 0.6 is 0 Å². The summed E-state index contributed by atoms with van der Waals surface area (Å²) in [5.41, 5.74) is 8.11. The van der Waals surface area contributed by atoms with Gasteiger partial charge in [-0.15, -0.1) is 0 Å². The van der Waals surface area contributed by atoms with E-state index in [1.807, 2.05) is 47.5 Å². The molecule has 1 aromatic carbocycles. The number of carbonyl (C=O) groups is 1. The Hall–Kier alpha value is -2.13. The second-order valence-corrected chi connectivity index (χ2v) is 4.79. The van der Waals surface area contributed by atoms with Gasteiger partial charge in [0.05, 0.1) is 11.9 Å². The molecule has 1 aliphatic rings. The summed E-state index contributed by atoms with van der Waals surface area (Å²) in [7, 11) is 0. The van der Waals surface area contributed by atoms with Crippen molar-refractivity contribution in [2.24, 2.45) is 5.73 Å². The minimum absolute atomic E-state index is 0.175. The molecule has 0 bridgehead atoms. The van der Waals surface area contributed by atoms with E-state index in [2.05, 4.69) is 12.1 Å². The second-order valence-electron chi connectivity index (χ2n) is 4.79. The lowest BCUT2D eigenvalue weighted by Crippen LogP contribution is -2.38. The lowest BCUT2D eigenvalue weighted by molar-refractivity contribution is -0.106. The third-order valence-corrected chi connectivity index (χ3v) is 3.32. The predicted molar refractivity (Wildman–Crippen MR) is 81.6 cm³/mol. The van der Waals surface area contributed by atoms with Gasteiger partial charge in [0.1, 0.15) is 0 Å². The molecule has 2 N–H and O–H groups in total. The van der Waals surface area contributed by atoms with Crippen molar-refractivity contribution < 1.29 is 4.79 Å². The van der Waals surface area contributed by atoms with E-state index in [-0.39, 0.29) is 6.17 Å². The van der Waals surface area contributed by atoms with Crippen LogP contribution in [-0.4, -0.2) is 17.4 Å². The van der Waals surface area contributed by atoms with E-state index in [9.17, 15) is 4.79 Å². The molecule has 1 aliphatic heterocycles. The summed E-state index contributed by atoms with van der Waals surface area (Å²) < 4.78 is 0. The van der Waals surface area contributed by atoms with Gasteiger partial charge in [-0.1, -0.05) is 42.5 Å². The quantitative estimate of drug-likeness (QED) is 0.807. The number of nitrogens with two attached hydrogens (primary N) is 1. The first-order chi connectivity index (χ1) is 9.81. The maximum atomic E-state index is 11.1. The van der Waals surface area contributed by atoms with Crippen LogP contribution in [0.4, 0.5) is 0 Å². The zero-order chi connectivity index (χ0) is 14.2. The van der Waals surface area contributed by atoms with Crippen LogP contribution in [0.2, 0.25) is 0 Å². The van der Waals surface area contributed by atoms with E-state index in [1.165, 1.54) is 5.56 Å². The molecule has 1 unspecified atom stereocenters. The molecule has 1 atom stereocenters. The van der Waals surface area contributed by atoms with Gasteiger partial charge in [0.15, 0.2) is 6.29 Å². The fraction of sp³-hybridized carbons (Fsp3) is 0.235. The van der Waals surface area contributed by atoms with E-state index in [1.54, 1.807) is 6.08 Å². The van der Waals surface area contributed by atoms with Gasteiger partial charge in [-0.25, -0.2) is 0 Å². The normalized spacial score (nSPS) is 15.7. The highest BCUT2D eigenvalue weighted by molar-refractivity contribution is 5.73. The van der Waals surface area contributed by atoms with Gasteiger partial charge in [0, 0.05) is 6.20 Å². The number of allylic oxidation sites excluding steroid dienone is 5. The molecule has 0 amide bonds. The molecule has 0 saturated heterocycles. The summed E-state index contributed by atoms with van der Waals surface area (Å²) in [6, 6.07) is 10.4. The molecule has 1 heterocycles. The lowest BCUT2D eigenvalue weighted by Gasteiger charge is -2.26. The van der Waals surface area contributed by atoms with E-state index < -0.39 is 0 Å². The zero-order valence-corrected chi connectivity index (χ0v) is 11.5. The molecule has 1 aromatic rings. The van der Waals surface area contributed by atoms with Gasteiger partial charge < -0.3 is 10.6 Å². The van der Waals surface area contributed by atoms with E-state index in [0.717, 1.165) is 25.5 Å². The SMILES string of the molecule is NC(CCCc1ccccc1)N1C=CC=CC=C1C=O. The van der Waals surface area contributed by atoms with Crippen LogP contribution in [0.1, 0.15) is 18.4 Å². The van der Waals surface area contributed by atoms with Crippen LogP contribution in [0.25, 0.3) is 0 Å². The van der Waals surface area contributed by atoms with Gasteiger partial charge in [-0.05, 0) is 37.0 Å². The van der Waals surface area contributed by atoms with Crippen LogP contribution < -0.4 is 5.73 Å². The summed E-state index contributed by atoms with van der Waals surface area (Å²) in [4.78, 5) is 12.9. The summed E-state index contributed by atoms with van der Waals surface area (Å²) in [5.74, 6) is 0. The Morgan fingerprint density at radius 1 is 1.15 bits per heavy atom. The topological polar surface area (TPSA) is 46.3 Å². The Kier molecular flexibility index (Phi) is 5.33. The van der Waals surface area contributed by atoms with Crippen LogP contribution in [0, 0.1) is 0 Å². The fourth-order valence-electron chi connectivity index (χ4n) is 2.23. The molecule has 20 heavy (non-hydrogen) atoms. The first-order valence-electron chi connectivity index (χ1n) is 6.89. The van der Waals surface area contributed by atoms with Crippen LogP contribution in [-0.2, 0) is 11.2 Å². The molecular weight excluding hydrogens is 248 g/mol. The van der Waals surface area contributed by atoms with Gasteiger partial charge in [0.2, 0.25) is 0 Å². The Balaban J connectivity index is 1.88. The van der Waals surface area contributed by atoms with Crippen molar-refractivity contribution in [3.63, 3.8) is 0 Å². The van der Waals surface area contributed by atoms with Crippen molar-refractivity contribution in [1.29, 1.82) is 0 Å². The smallest absolute Gasteiger partial charge is 0.166 e. The summed E-state index contributed by atoms with van der Waals surface area (Å²) in [5, 5.41) is 0.